The lowest BCUT2D eigenvalue weighted by Crippen LogP contribution is -2.07. The molecule has 3 heterocycles. The molecule has 0 radical (unpaired) electrons. The van der Waals surface area contributed by atoms with Crippen LogP contribution in [0.5, 0.6) is 0 Å². The molecule has 0 saturated carbocycles. The van der Waals surface area contributed by atoms with Gasteiger partial charge < -0.3 is 5.11 Å². The maximum Gasteiger partial charge on any atom is 0.116 e. The first kappa shape index (κ1) is 21.9. The standard InChI is InChI=1S/C25H17NOS6/c1-28-24-25(29-2)33-23(32-24)20-15-9-5-3-7-13(15)19(14-8-4-6-10-16(14)20)22-30-18-11-26-17(12-27)21(18)31-22/h3-12,27H,1-2H3/b17-12-. The van der Waals surface area contributed by atoms with E-state index in [0.717, 1.165) is 15.3 Å². The number of nitrogens with zero attached hydrogens (tertiary/aromatic N) is 1. The average molecular weight is 540 g/mol. The number of aliphatic hydroxyl groups is 1. The molecule has 3 aliphatic heterocycles. The highest BCUT2D eigenvalue weighted by atomic mass is 32.3. The molecule has 1 N–H and O–H groups in total. The number of aliphatic hydroxyl groups excluding tert-OH is 1. The number of fused-ring (bicyclic) bond motifs is 2. The van der Waals surface area contributed by atoms with Crippen LogP contribution in [-0.2, 0) is 0 Å². The topological polar surface area (TPSA) is 33.1 Å². The number of hydrogen-bond acceptors (Lipinski definition) is 8. The van der Waals surface area contributed by atoms with Crippen LogP contribution in [0.4, 0.5) is 0 Å². The molecule has 0 spiro atoms. The van der Waals surface area contributed by atoms with Crippen molar-refractivity contribution in [3.8, 4) is 0 Å². The van der Waals surface area contributed by atoms with Gasteiger partial charge in [0.2, 0.25) is 0 Å². The SMILES string of the molecule is CSC1=C(SC)SC(=c2c3ccccc3c(=c3sc4cn/c(=C\O)c=4s3)c3ccccc23)S1. The van der Waals surface area contributed by atoms with Crippen molar-refractivity contribution in [2.24, 2.45) is 0 Å². The van der Waals surface area contributed by atoms with E-state index >= 15 is 0 Å². The molecule has 6 rings (SSSR count). The predicted molar refractivity (Wildman–Crippen MR) is 153 cm³/mol. The third kappa shape index (κ3) is 3.54. The largest absolute Gasteiger partial charge is 0.513 e. The Morgan fingerprint density at radius 2 is 1.33 bits per heavy atom. The molecule has 0 amide bonds. The van der Waals surface area contributed by atoms with Gasteiger partial charge in [0, 0.05) is 16.6 Å². The number of rotatable bonds is 2. The first-order valence-electron chi connectivity index (χ1n) is 10.1. The molecular weight excluding hydrogens is 523 g/mol. The van der Waals surface area contributed by atoms with Gasteiger partial charge in [0.05, 0.1) is 25.6 Å². The zero-order valence-electron chi connectivity index (χ0n) is 17.6. The van der Waals surface area contributed by atoms with Crippen LogP contribution in [0.15, 0.2) is 63.2 Å². The lowest BCUT2D eigenvalue weighted by Gasteiger charge is -2.09. The Labute approximate surface area is 214 Å². The van der Waals surface area contributed by atoms with E-state index in [-0.39, 0.29) is 0 Å². The molecule has 0 unspecified atom stereocenters. The van der Waals surface area contributed by atoms with Crippen LogP contribution in [0.2, 0.25) is 0 Å². The van der Waals surface area contributed by atoms with E-state index in [1.54, 1.807) is 22.7 Å². The molecule has 0 aliphatic carbocycles. The van der Waals surface area contributed by atoms with Gasteiger partial charge in [0.1, 0.15) is 11.6 Å². The lowest BCUT2D eigenvalue weighted by atomic mass is 9.99. The molecule has 3 aliphatic rings. The number of aromatic nitrogens is 1. The Kier molecular flexibility index (Phi) is 5.92. The second-order valence-electron chi connectivity index (χ2n) is 7.27. The molecule has 0 bridgehead atoms. The van der Waals surface area contributed by atoms with Crippen molar-refractivity contribution in [3.63, 3.8) is 0 Å². The predicted octanol–water partition coefficient (Wildman–Crippen LogP) is 7.22. The lowest BCUT2D eigenvalue weighted by molar-refractivity contribution is 0.538. The molecule has 2 nitrogen and oxygen atoms in total. The van der Waals surface area contributed by atoms with Gasteiger partial charge in [-0.3, -0.25) is 4.98 Å². The summed E-state index contributed by atoms with van der Waals surface area (Å²) in [5, 5.41) is 18.0. The molecule has 164 valence electrons. The third-order valence-electron chi connectivity index (χ3n) is 5.54. The van der Waals surface area contributed by atoms with Gasteiger partial charge in [-0.1, -0.05) is 72.1 Å². The van der Waals surface area contributed by atoms with E-state index in [1.165, 1.54) is 48.5 Å². The fourth-order valence-corrected chi connectivity index (χ4v) is 11.9. The molecule has 0 saturated heterocycles. The van der Waals surface area contributed by atoms with Gasteiger partial charge in [0.25, 0.3) is 0 Å². The maximum atomic E-state index is 9.60. The molecule has 8 heteroatoms. The molecule has 0 aromatic heterocycles. The first-order chi connectivity index (χ1) is 16.2. The summed E-state index contributed by atoms with van der Waals surface area (Å²) in [6, 6.07) is 17.6. The third-order valence-corrected chi connectivity index (χ3v) is 13.3. The summed E-state index contributed by atoms with van der Waals surface area (Å²) >= 11 is 11.0. The molecule has 3 aromatic rings. The van der Waals surface area contributed by atoms with Gasteiger partial charge in [-0.25, -0.2) is 0 Å². The zero-order chi connectivity index (χ0) is 22.5. The Morgan fingerprint density at radius 3 is 1.85 bits per heavy atom. The van der Waals surface area contributed by atoms with Gasteiger partial charge >= 0.3 is 0 Å². The Bertz CT molecular complexity index is 1790. The van der Waals surface area contributed by atoms with Gasteiger partial charge in [-0.2, -0.15) is 0 Å². The van der Waals surface area contributed by atoms with Crippen LogP contribution in [0.25, 0.3) is 32.0 Å². The van der Waals surface area contributed by atoms with Crippen LogP contribution in [-0.4, -0.2) is 22.6 Å². The minimum absolute atomic E-state index is 0.650. The molecule has 0 fully saturated rings. The second kappa shape index (κ2) is 8.91. The van der Waals surface area contributed by atoms with E-state index in [4.69, 9.17) is 0 Å². The number of benzene rings is 3. The quantitative estimate of drug-likeness (QED) is 0.239. The van der Waals surface area contributed by atoms with Gasteiger partial charge in [-0.15, -0.1) is 46.2 Å². The van der Waals surface area contributed by atoms with Crippen molar-refractivity contribution < 1.29 is 5.11 Å². The molecule has 33 heavy (non-hydrogen) atoms. The van der Waals surface area contributed by atoms with Crippen LogP contribution in [0, 0.1) is 18.1 Å². The zero-order valence-corrected chi connectivity index (χ0v) is 22.5. The van der Waals surface area contributed by atoms with Crippen LogP contribution >= 0.6 is 69.7 Å². The minimum Gasteiger partial charge on any atom is -0.513 e. The van der Waals surface area contributed by atoms with Gasteiger partial charge in [-0.05, 0) is 34.1 Å². The summed E-state index contributed by atoms with van der Waals surface area (Å²) in [6.45, 7) is 0. The fourth-order valence-electron chi connectivity index (χ4n) is 4.15. The van der Waals surface area contributed by atoms with E-state index in [9.17, 15) is 5.11 Å². The van der Waals surface area contributed by atoms with Crippen molar-refractivity contribution in [1.29, 1.82) is 0 Å². The van der Waals surface area contributed by atoms with Gasteiger partial charge in [0.15, 0.2) is 0 Å². The average Bonchev–Trinajstić information content (AvgIpc) is 3.56. The highest BCUT2D eigenvalue weighted by Crippen LogP contribution is 2.57. The van der Waals surface area contributed by atoms with Crippen LogP contribution in [0.1, 0.15) is 0 Å². The van der Waals surface area contributed by atoms with Crippen molar-refractivity contribution in [1.82, 2.24) is 4.98 Å². The van der Waals surface area contributed by atoms with Crippen molar-refractivity contribution in [3.05, 3.63) is 91.9 Å². The Balaban J connectivity index is 1.85. The Hall–Kier alpha value is -1.55. The summed E-state index contributed by atoms with van der Waals surface area (Å²) < 4.78 is 7.54. The highest BCUT2D eigenvalue weighted by molar-refractivity contribution is 8.45. The monoisotopic (exact) mass is 539 g/mol. The van der Waals surface area contributed by atoms with Crippen molar-refractivity contribution in [2.45, 2.75) is 0 Å². The van der Waals surface area contributed by atoms with Crippen LogP contribution in [0.3, 0.4) is 0 Å². The smallest absolute Gasteiger partial charge is 0.116 e. The summed E-state index contributed by atoms with van der Waals surface area (Å²) in [5.41, 5.74) is 0. The minimum atomic E-state index is 0.650. The number of thioether (sulfide) groups is 4. The molecule has 0 atom stereocenters. The summed E-state index contributed by atoms with van der Waals surface area (Å²) in [6.07, 6.45) is 7.30. The van der Waals surface area contributed by atoms with E-state index in [1.807, 2.05) is 53.2 Å². The first-order valence-corrected chi connectivity index (χ1v) is 15.8. The van der Waals surface area contributed by atoms with Crippen molar-refractivity contribution >= 4 is 102 Å². The summed E-state index contributed by atoms with van der Waals surface area (Å²) in [7, 11) is 0. The van der Waals surface area contributed by atoms with E-state index in [2.05, 4.69) is 66.0 Å². The Morgan fingerprint density at radius 1 is 0.788 bits per heavy atom. The van der Waals surface area contributed by atoms with E-state index in [0.29, 0.717) is 5.35 Å². The second-order valence-corrected chi connectivity index (χ2v) is 14.1. The maximum absolute atomic E-state index is 9.60. The molecule has 3 aromatic carbocycles. The highest BCUT2D eigenvalue weighted by Gasteiger charge is 2.22. The number of hydrogen-bond donors (Lipinski definition) is 1. The summed E-state index contributed by atoms with van der Waals surface area (Å²) in [5.74, 6) is 0. The molecular formula is C25H17NOS6. The van der Waals surface area contributed by atoms with Crippen molar-refractivity contribution in [2.75, 3.05) is 12.5 Å². The van der Waals surface area contributed by atoms with Crippen LogP contribution < -0.4 is 10.6 Å². The van der Waals surface area contributed by atoms with E-state index < -0.39 is 0 Å². The fraction of sp³-hybridized carbons (Fsp3) is 0.0800. The normalized spacial score (nSPS) is 15.1. The summed E-state index contributed by atoms with van der Waals surface area (Å²) in [4.78, 5) is 4.33.